The fourth-order valence-corrected chi connectivity index (χ4v) is 3.09. The van der Waals surface area contributed by atoms with Gasteiger partial charge in [-0.2, -0.15) is 0 Å². The SMILES string of the molecule is Cc1c(NCc2ccccc2)c([N+](=O)[O-])cc([N+](=O)[O-])c1NCc1ccccc1. The van der Waals surface area contributed by atoms with Gasteiger partial charge in [-0.1, -0.05) is 60.7 Å². The Bertz CT molecular complexity index is 944. The van der Waals surface area contributed by atoms with Crippen molar-refractivity contribution in [3.63, 3.8) is 0 Å². The number of nitro groups is 2. The summed E-state index contributed by atoms with van der Waals surface area (Å²) in [6.45, 7) is 2.36. The molecule has 3 aromatic carbocycles. The summed E-state index contributed by atoms with van der Waals surface area (Å²) in [4.78, 5) is 21.9. The molecule has 0 atom stereocenters. The topological polar surface area (TPSA) is 110 Å². The van der Waals surface area contributed by atoms with Crippen LogP contribution in [-0.2, 0) is 13.1 Å². The summed E-state index contributed by atoms with van der Waals surface area (Å²) in [5.74, 6) is 0. The van der Waals surface area contributed by atoms with Crippen LogP contribution in [0, 0.1) is 27.2 Å². The van der Waals surface area contributed by atoms with E-state index in [9.17, 15) is 20.2 Å². The van der Waals surface area contributed by atoms with Crippen LogP contribution in [0.3, 0.4) is 0 Å². The second kappa shape index (κ2) is 8.83. The molecule has 29 heavy (non-hydrogen) atoms. The van der Waals surface area contributed by atoms with E-state index in [2.05, 4.69) is 10.6 Å². The van der Waals surface area contributed by atoms with E-state index in [1.54, 1.807) is 6.92 Å². The summed E-state index contributed by atoms with van der Waals surface area (Å²) in [7, 11) is 0. The zero-order valence-electron chi connectivity index (χ0n) is 15.8. The van der Waals surface area contributed by atoms with Crippen molar-refractivity contribution in [2.45, 2.75) is 20.0 Å². The Labute approximate surface area is 167 Å². The Morgan fingerprint density at radius 1 is 0.724 bits per heavy atom. The predicted octanol–water partition coefficient (Wildman–Crippen LogP) is 5.04. The van der Waals surface area contributed by atoms with Crippen molar-refractivity contribution in [1.82, 2.24) is 0 Å². The van der Waals surface area contributed by atoms with Crippen molar-refractivity contribution in [3.05, 3.63) is 104 Å². The molecule has 0 fully saturated rings. The van der Waals surface area contributed by atoms with Crippen LogP contribution in [0.25, 0.3) is 0 Å². The molecule has 0 bridgehead atoms. The molecule has 3 aromatic rings. The molecule has 0 aliphatic heterocycles. The quantitative estimate of drug-likeness (QED) is 0.411. The number of nitrogens with zero attached hydrogens (tertiary/aromatic N) is 2. The fourth-order valence-electron chi connectivity index (χ4n) is 3.09. The number of rotatable bonds is 8. The molecule has 0 aliphatic carbocycles. The predicted molar refractivity (Wildman–Crippen MR) is 112 cm³/mol. The van der Waals surface area contributed by atoms with Gasteiger partial charge in [0, 0.05) is 18.7 Å². The van der Waals surface area contributed by atoms with Crippen molar-refractivity contribution in [2.24, 2.45) is 0 Å². The smallest absolute Gasteiger partial charge is 0.299 e. The summed E-state index contributed by atoms with van der Waals surface area (Å²) in [6, 6.07) is 19.9. The standard InChI is InChI=1S/C21H20N4O4/c1-15-20(22-13-16-8-4-2-5-9-16)18(24(26)27)12-19(25(28)29)21(15)23-14-17-10-6-3-7-11-17/h2-12,22-23H,13-14H2,1H3. The van der Waals surface area contributed by atoms with E-state index in [0.717, 1.165) is 17.2 Å². The summed E-state index contributed by atoms with van der Waals surface area (Å²) in [5, 5.41) is 29.3. The first-order valence-corrected chi connectivity index (χ1v) is 8.99. The highest BCUT2D eigenvalue weighted by atomic mass is 16.6. The van der Waals surface area contributed by atoms with Crippen LogP contribution in [0.5, 0.6) is 0 Å². The zero-order valence-corrected chi connectivity index (χ0v) is 15.8. The maximum absolute atomic E-state index is 11.6. The van der Waals surface area contributed by atoms with Crippen LogP contribution in [0.4, 0.5) is 22.7 Å². The normalized spacial score (nSPS) is 10.4. The van der Waals surface area contributed by atoms with Gasteiger partial charge in [-0.3, -0.25) is 20.2 Å². The highest BCUT2D eigenvalue weighted by molar-refractivity contribution is 5.82. The molecule has 0 saturated heterocycles. The van der Waals surface area contributed by atoms with Gasteiger partial charge in [0.05, 0.1) is 15.9 Å². The van der Waals surface area contributed by atoms with Gasteiger partial charge in [-0.05, 0) is 18.1 Å². The minimum atomic E-state index is -0.603. The minimum absolute atomic E-state index is 0.264. The molecule has 0 radical (unpaired) electrons. The second-order valence-electron chi connectivity index (χ2n) is 6.48. The molecule has 0 saturated carbocycles. The number of hydrogen-bond acceptors (Lipinski definition) is 6. The number of benzene rings is 3. The van der Waals surface area contributed by atoms with Gasteiger partial charge in [-0.15, -0.1) is 0 Å². The van der Waals surface area contributed by atoms with E-state index in [1.165, 1.54) is 0 Å². The maximum atomic E-state index is 11.6. The van der Waals surface area contributed by atoms with Gasteiger partial charge in [0.2, 0.25) is 0 Å². The lowest BCUT2D eigenvalue weighted by Gasteiger charge is -2.16. The van der Waals surface area contributed by atoms with Crippen LogP contribution in [-0.4, -0.2) is 9.85 Å². The Balaban J connectivity index is 1.98. The summed E-state index contributed by atoms with van der Waals surface area (Å²) >= 11 is 0. The van der Waals surface area contributed by atoms with Crippen molar-refractivity contribution >= 4 is 22.7 Å². The molecule has 0 aliphatic rings. The first kappa shape index (κ1) is 19.8. The molecule has 8 nitrogen and oxygen atoms in total. The van der Waals surface area contributed by atoms with Crippen molar-refractivity contribution in [2.75, 3.05) is 10.6 Å². The molecule has 3 rings (SSSR count). The zero-order chi connectivity index (χ0) is 20.8. The maximum Gasteiger partial charge on any atom is 0.299 e. The van der Waals surface area contributed by atoms with Gasteiger partial charge in [0.15, 0.2) is 0 Å². The molecule has 148 valence electrons. The summed E-state index contributed by atoms with van der Waals surface area (Å²) in [5.41, 5.74) is 2.19. The molecule has 0 spiro atoms. The highest BCUT2D eigenvalue weighted by Gasteiger charge is 2.28. The van der Waals surface area contributed by atoms with E-state index in [4.69, 9.17) is 0 Å². The number of nitrogens with one attached hydrogen (secondary N) is 2. The van der Waals surface area contributed by atoms with Crippen molar-refractivity contribution in [3.8, 4) is 0 Å². The fraction of sp³-hybridized carbons (Fsp3) is 0.143. The molecular formula is C21H20N4O4. The van der Waals surface area contributed by atoms with E-state index < -0.39 is 9.85 Å². The third-order valence-electron chi connectivity index (χ3n) is 4.55. The lowest BCUT2D eigenvalue weighted by atomic mass is 10.1. The van der Waals surface area contributed by atoms with Crippen LogP contribution in [0.1, 0.15) is 16.7 Å². The lowest BCUT2D eigenvalue weighted by molar-refractivity contribution is -0.393. The van der Waals surface area contributed by atoms with Gasteiger partial charge in [0.25, 0.3) is 11.4 Å². The van der Waals surface area contributed by atoms with Gasteiger partial charge in [-0.25, -0.2) is 0 Å². The molecule has 8 heteroatoms. The lowest BCUT2D eigenvalue weighted by Crippen LogP contribution is -2.10. The molecule has 0 heterocycles. The first-order chi connectivity index (χ1) is 14.0. The van der Waals surface area contributed by atoms with Crippen LogP contribution < -0.4 is 10.6 Å². The van der Waals surface area contributed by atoms with Crippen LogP contribution in [0.2, 0.25) is 0 Å². The Kier molecular flexibility index (Phi) is 6.03. The van der Waals surface area contributed by atoms with Gasteiger partial charge in [0.1, 0.15) is 11.4 Å². The molecule has 2 N–H and O–H groups in total. The Hall–Kier alpha value is -3.94. The van der Waals surface area contributed by atoms with Gasteiger partial charge >= 0.3 is 0 Å². The minimum Gasteiger partial charge on any atom is -0.375 e. The first-order valence-electron chi connectivity index (χ1n) is 8.99. The van der Waals surface area contributed by atoms with Crippen molar-refractivity contribution < 1.29 is 9.85 Å². The van der Waals surface area contributed by atoms with E-state index in [1.807, 2.05) is 60.7 Å². The molecule has 0 amide bonds. The van der Waals surface area contributed by atoms with Crippen LogP contribution >= 0.6 is 0 Å². The highest BCUT2D eigenvalue weighted by Crippen LogP contribution is 2.41. The largest absolute Gasteiger partial charge is 0.375 e. The third kappa shape index (κ3) is 4.67. The van der Waals surface area contributed by atoms with E-state index in [-0.39, 0.29) is 22.7 Å². The van der Waals surface area contributed by atoms with Crippen LogP contribution in [0.15, 0.2) is 66.7 Å². The second-order valence-corrected chi connectivity index (χ2v) is 6.48. The number of nitro benzene ring substituents is 2. The Morgan fingerprint density at radius 2 is 1.10 bits per heavy atom. The average molecular weight is 392 g/mol. The average Bonchev–Trinajstić information content (AvgIpc) is 2.72. The van der Waals surface area contributed by atoms with Crippen molar-refractivity contribution in [1.29, 1.82) is 0 Å². The third-order valence-corrected chi connectivity index (χ3v) is 4.55. The van der Waals surface area contributed by atoms with E-state index in [0.29, 0.717) is 18.7 Å². The van der Waals surface area contributed by atoms with E-state index >= 15 is 0 Å². The molecule has 0 unspecified atom stereocenters. The summed E-state index contributed by atoms with van der Waals surface area (Å²) < 4.78 is 0. The molecular weight excluding hydrogens is 372 g/mol. The number of hydrogen-bond donors (Lipinski definition) is 2. The van der Waals surface area contributed by atoms with Gasteiger partial charge < -0.3 is 10.6 Å². The summed E-state index contributed by atoms with van der Waals surface area (Å²) in [6.07, 6.45) is 0. The molecule has 0 aromatic heterocycles. The monoisotopic (exact) mass is 392 g/mol. The Morgan fingerprint density at radius 3 is 1.45 bits per heavy atom. The number of anilines is 2.